The summed E-state index contributed by atoms with van der Waals surface area (Å²) in [4.78, 5) is 22.3. The summed E-state index contributed by atoms with van der Waals surface area (Å²) >= 11 is 0. The Bertz CT molecular complexity index is 994. The van der Waals surface area contributed by atoms with Crippen LogP contribution in [0.3, 0.4) is 0 Å². The predicted molar refractivity (Wildman–Crippen MR) is 97.5 cm³/mol. The van der Waals surface area contributed by atoms with Gasteiger partial charge in [0, 0.05) is 42.0 Å². The summed E-state index contributed by atoms with van der Waals surface area (Å²) in [6.45, 7) is 7.03. The first kappa shape index (κ1) is 15.7. The van der Waals surface area contributed by atoms with Crippen molar-refractivity contribution in [2.24, 2.45) is 0 Å². The molecular formula is C20H21N3O2. The highest BCUT2D eigenvalue weighted by Crippen LogP contribution is 2.30. The number of H-pyrrole nitrogens is 1. The van der Waals surface area contributed by atoms with Crippen LogP contribution in [0, 0.1) is 20.8 Å². The molecule has 0 saturated heterocycles. The number of aromatic nitrogens is 2. The zero-order valence-electron chi connectivity index (χ0n) is 14.7. The molecule has 0 aromatic carbocycles. The molecule has 3 aromatic heterocycles. The maximum absolute atomic E-state index is 12.9. The van der Waals surface area contributed by atoms with Crippen LogP contribution in [0.1, 0.15) is 39.4 Å². The number of carbonyl (C=O) groups is 1. The van der Waals surface area contributed by atoms with Crippen LogP contribution in [0.5, 0.6) is 0 Å². The van der Waals surface area contributed by atoms with Gasteiger partial charge in [-0.15, -0.1) is 0 Å². The summed E-state index contributed by atoms with van der Waals surface area (Å²) in [7, 11) is 0. The molecule has 0 fully saturated rings. The van der Waals surface area contributed by atoms with E-state index in [9.17, 15) is 4.79 Å². The molecule has 5 nitrogen and oxygen atoms in total. The van der Waals surface area contributed by atoms with Gasteiger partial charge in [0.15, 0.2) is 0 Å². The number of hydrogen-bond acceptors (Lipinski definition) is 3. The minimum Gasteiger partial charge on any atom is -0.466 e. The Kier molecular flexibility index (Phi) is 3.71. The summed E-state index contributed by atoms with van der Waals surface area (Å²) in [5.74, 6) is 1.58. The molecule has 1 amide bonds. The molecule has 0 atom stereocenters. The second-order valence-electron chi connectivity index (χ2n) is 6.55. The topological polar surface area (TPSA) is 62.1 Å². The summed E-state index contributed by atoms with van der Waals surface area (Å²) in [5.41, 5.74) is 5.00. The van der Waals surface area contributed by atoms with Crippen molar-refractivity contribution in [3.63, 3.8) is 0 Å². The Hall–Kier alpha value is -2.82. The van der Waals surface area contributed by atoms with Crippen molar-refractivity contribution in [3.8, 4) is 0 Å². The van der Waals surface area contributed by atoms with Crippen molar-refractivity contribution in [1.29, 1.82) is 0 Å². The van der Waals surface area contributed by atoms with E-state index in [-0.39, 0.29) is 5.91 Å². The number of hydrogen-bond donors (Lipinski definition) is 1. The van der Waals surface area contributed by atoms with Crippen LogP contribution in [0.4, 0.5) is 0 Å². The molecule has 128 valence electrons. The lowest BCUT2D eigenvalue weighted by Gasteiger charge is -2.26. The molecule has 0 spiro atoms. The largest absolute Gasteiger partial charge is 0.466 e. The van der Waals surface area contributed by atoms with Gasteiger partial charge >= 0.3 is 0 Å². The van der Waals surface area contributed by atoms with Crippen LogP contribution in [0.25, 0.3) is 16.6 Å². The van der Waals surface area contributed by atoms with E-state index in [0.717, 1.165) is 28.8 Å². The van der Waals surface area contributed by atoms with Crippen molar-refractivity contribution in [2.75, 3.05) is 13.1 Å². The number of nitrogens with zero attached hydrogens (tertiary/aromatic N) is 2. The first-order chi connectivity index (χ1) is 12.1. The quantitative estimate of drug-likeness (QED) is 0.769. The molecule has 4 rings (SSSR count). The summed E-state index contributed by atoms with van der Waals surface area (Å²) < 4.78 is 5.61. The number of aryl methyl sites for hydroxylation is 2. The number of fused-ring (bicyclic) bond motifs is 1. The minimum absolute atomic E-state index is 0.0581. The van der Waals surface area contributed by atoms with Crippen molar-refractivity contribution < 1.29 is 9.21 Å². The third-order valence-corrected chi connectivity index (χ3v) is 5.07. The average molecular weight is 335 g/mol. The highest BCUT2D eigenvalue weighted by atomic mass is 16.3. The van der Waals surface area contributed by atoms with Gasteiger partial charge in [0.1, 0.15) is 17.2 Å². The highest BCUT2D eigenvalue weighted by Gasteiger charge is 2.25. The summed E-state index contributed by atoms with van der Waals surface area (Å²) in [6.07, 6.45) is 6.78. The third kappa shape index (κ3) is 2.56. The molecule has 0 radical (unpaired) electrons. The van der Waals surface area contributed by atoms with Gasteiger partial charge in [0.25, 0.3) is 5.91 Å². The standard InChI is InChI=1S/C20H21N3O2/c1-12-13(2)25-14(3)18(12)20(24)23-9-6-15(7-10-23)17-11-22-19-16(17)5-4-8-21-19/h4-6,8,11H,7,9-10H2,1-3H3,(H,21,22). The van der Waals surface area contributed by atoms with Crippen LogP contribution in [-0.2, 0) is 0 Å². The zero-order chi connectivity index (χ0) is 17.6. The van der Waals surface area contributed by atoms with E-state index in [2.05, 4.69) is 22.1 Å². The molecule has 1 aliphatic heterocycles. The number of pyridine rings is 1. The number of nitrogens with one attached hydrogen (secondary N) is 1. The minimum atomic E-state index is 0.0581. The van der Waals surface area contributed by atoms with Gasteiger partial charge in [-0.1, -0.05) is 6.08 Å². The molecule has 25 heavy (non-hydrogen) atoms. The van der Waals surface area contributed by atoms with Crippen molar-refractivity contribution >= 4 is 22.5 Å². The fourth-order valence-corrected chi connectivity index (χ4v) is 3.59. The Labute approximate surface area is 146 Å². The fourth-order valence-electron chi connectivity index (χ4n) is 3.59. The van der Waals surface area contributed by atoms with Crippen LogP contribution in [0.15, 0.2) is 35.0 Å². The number of aromatic amines is 1. The predicted octanol–water partition coefficient (Wildman–Crippen LogP) is 4.01. The Morgan fingerprint density at radius 3 is 2.80 bits per heavy atom. The molecule has 1 aliphatic rings. The molecule has 1 N–H and O–H groups in total. The Balaban J connectivity index is 1.59. The van der Waals surface area contributed by atoms with E-state index in [0.29, 0.717) is 24.4 Å². The molecule has 0 aliphatic carbocycles. The normalized spacial score (nSPS) is 14.8. The first-order valence-electron chi connectivity index (χ1n) is 8.53. The lowest BCUT2D eigenvalue weighted by molar-refractivity contribution is 0.0770. The highest BCUT2D eigenvalue weighted by molar-refractivity contribution is 5.98. The van der Waals surface area contributed by atoms with Crippen molar-refractivity contribution in [2.45, 2.75) is 27.2 Å². The van der Waals surface area contributed by atoms with Crippen LogP contribution in [-0.4, -0.2) is 33.9 Å². The van der Waals surface area contributed by atoms with Gasteiger partial charge in [0.2, 0.25) is 0 Å². The summed E-state index contributed by atoms with van der Waals surface area (Å²) in [5, 5.41) is 1.13. The molecule has 0 saturated carbocycles. The van der Waals surface area contributed by atoms with Crippen LogP contribution >= 0.6 is 0 Å². The number of amides is 1. The first-order valence-corrected chi connectivity index (χ1v) is 8.53. The molecule has 0 unspecified atom stereocenters. The maximum atomic E-state index is 12.9. The van der Waals surface area contributed by atoms with E-state index >= 15 is 0 Å². The SMILES string of the molecule is Cc1oc(C)c(C(=O)N2CC=C(c3c[nH]c4ncccc34)CC2)c1C. The Morgan fingerprint density at radius 2 is 2.12 bits per heavy atom. The maximum Gasteiger partial charge on any atom is 0.257 e. The third-order valence-electron chi connectivity index (χ3n) is 5.07. The van der Waals surface area contributed by atoms with Crippen molar-refractivity contribution in [3.05, 3.63) is 58.8 Å². The van der Waals surface area contributed by atoms with E-state index in [4.69, 9.17) is 4.42 Å². The number of carbonyl (C=O) groups excluding carboxylic acids is 1. The van der Waals surface area contributed by atoms with Gasteiger partial charge in [0.05, 0.1) is 5.56 Å². The number of furan rings is 1. The Morgan fingerprint density at radius 1 is 1.28 bits per heavy atom. The monoisotopic (exact) mass is 335 g/mol. The van der Waals surface area contributed by atoms with Gasteiger partial charge < -0.3 is 14.3 Å². The van der Waals surface area contributed by atoms with Crippen LogP contribution in [0.2, 0.25) is 0 Å². The summed E-state index contributed by atoms with van der Waals surface area (Å²) in [6, 6.07) is 4.03. The van der Waals surface area contributed by atoms with Gasteiger partial charge in [-0.05, 0) is 44.9 Å². The molecule has 0 bridgehead atoms. The zero-order valence-corrected chi connectivity index (χ0v) is 14.7. The fraction of sp³-hybridized carbons (Fsp3) is 0.300. The van der Waals surface area contributed by atoms with Crippen molar-refractivity contribution in [1.82, 2.24) is 14.9 Å². The number of rotatable bonds is 2. The second kappa shape index (κ2) is 5.92. The van der Waals surface area contributed by atoms with Gasteiger partial charge in [-0.3, -0.25) is 4.79 Å². The van der Waals surface area contributed by atoms with E-state index in [1.165, 1.54) is 11.1 Å². The van der Waals surface area contributed by atoms with E-state index in [1.54, 1.807) is 6.20 Å². The average Bonchev–Trinajstić information content (AvgIpc) is 3.16. The molecule has 5 heteroatoms. The van der Waals surface area contributed by atoms with Crippen LogP contribution < -0.4 is 0 Å². The molecular weight excluding hydrogens is 314 g/mol. The van der Waals surface area contributed by atoms with Gasteiger partial charge in [-0.2, -0.15) is 0 Å². The smallest absolute Gasteiger partial charge is 0.257 e. The van der Waals surface area contributed by atoms with E-state index < -0.39 is 0 Å². The lowest BCUT2D eigenvalue weighted by Crippen LogP contribution is -2.35. The molecule has 3 aromatic rings. The second-order valence-corrected chi connectivity index (χ2v) is 6.55. The molecule has 4 heterocycles. The lowest BCUT2D eigenvalue weighted by atomic mass is 9.99. The van der Waals surface area contributed by atoms with E-state index in [1.807, 2.05) is 37.9 Å². The van der Waals surface area contributed by atoms with Gasteiger partial charge in [-0.25, -0.2) is 4.98 Å².